The summed E-state index contributed by atoms with van der Waals surface area (Å²) in [5.41, 5.74) is 2.12. The van der Waals surface area contributed by atoms with E-state index in [9.17, 15) is 0 Å². The Bertz CT molecular complexity index is 798. The summed E-state index contributed by atoms with van der Waals surface area (Å²) in [7, 11) is -0.143. The van der Waals surface area contributed by atoms with Crippen LogP contribution >= 0.6 is 0 Å². The molecule has 0 aliphatic heterocycles. The highest BCUT2D eigenvalue weighted by molar-refractivity contribution is 6.54. The van der Waals surface area contributed by atoms with E-state index in [1.54, 1.807) is 5.19 Å². The van der Waals surface area contributed by atoms with Crippen LogP contribution in [-0.2, 0) is 0 Å². The molecule has 0 spiro atoms. The second-order valence-corrected chi connectivity index (χ2v) is 9.67. The molecule has 0 aliphatic carbocycles. The Hall–Kier alpha value is -2.06. The van der Waals surface area contributed by atoms with Gasteiger partial charge in [0.05, 0.1) is 16.1 Å². The summed E-state index contributed by atoms with van der Waals surface area (Å²) in [4.78, 5) is 0. The first-order valence-corrected chi connectivity index (χ1v) is 10.9. The Morgan fingerprint density at radius 2 is 1.64 bits per heavy atom. The summed E-state index contributed by atoms with van der Waals surface area (Å²) in [6.07, 6.45) is 3.72. The van der Waals surface area contributed by atoms with E-state index in [-0.39, 0.29) is 9.52 Å². The highest BCUT2D eigenvalue weighted by atomic mass is 28.2. The SMILES string of the molecule is Cc1c(OCCCCC(C)[SiH2]c2ccccc2)ccc2ccccc12. The van der Waals surface area contributed by atoms with Crippen molar-refractivity contribution < 1.29 is 4.74 Å². The molecule has 1 atom stereocenters. The molecule has 0 fully saturated rings. The second-order valence-electron chi connectivity index (χ2n) is 7.05. The third-order valence-electron chi connectivity index (χ3n) is 4.92. The first-order valence-electron chi connectivity index (χ1n) is 9.39. The average molecular weight is 349 g/mol. The van der Waals surface area contributed by atoms with Crippen molar-refractivity contribution in [3.63, 3.8) is 0 Å². The number of hydrogen-bond donors (Lipinski definition) is 0. The molecule has 3 rings (SSSR count). The number of ether oxygens (including phenoxy) is 1. The summed E-state index contributed by atoms with van der Waals surface area (Å²) >= 11 is 0. The van der Waals surface area contributed by atoms with Crippen LogP contribution in [0.2, 0.25) is 5.54 Å². The molecule has 3 aromatic carbocycles. The quantitative estimate of drug-likeness (QED) is 0.411. The monoisotopic (exact) mass is 348 g/mol. The highest BCUT2D eigenvalue weighted by Crippen LogP contribution is 2.27. The Morgan fingerprint density at radius 1 is 0.880 bits per heavy atom. The first kappa shape index (κ1) is 17.8. The molecular weight excluding hydrogens is 320 g/mol. The number of rotatable bonds is 8. The van der Waals surface area contributed by atoms with Crippen LogP contribution in [0.5, 0.6) is 5.75 Å². The molecule has 1 nitrogen and oxygen atoms in total. The van der Waals surface area contributed by atoms with Gasteiger partial charge in [0.2, 0.25) is 0 Å². The van der Waals surface area contributed by atoms with Crippen molar-refractivity contribution in [2.45, 2.75) is 38.7 Å². The number of hydrogen-bond acceptors (Lipinski definition) is 1. The van der Waals surface area contributed by atoms with E-state index in [4.69, 9.17) is 4.74 Å². The van der Waals surface area contributed by atoms with Crippen molar-refractivity contribution >= 4 is 25.5 Å². The molecule has 0 radical (unpaired) electrons. The lowest BCUT2D eigenvalue weighted by molar-refractivity contribution is 0.303. The van der Waals surface area contributed by atoms with E-state index in [0.717, 1.165) is 24.3 Å². The van der Waals surface area contributed by atoms with E-state index in [1.807, 2.05) is 0 Å². The molecule has 0 bridgehead atoms. The Labute approximate surface area is 153 Å². The molecule has 0 aliphatic rings. The normalized spacial score (nSPS) is 12.7. The minimum Gasteiger partial charge on any atom is -0.493 e. The van der Waals surface area contributed by atoms with Crippen molar-refractivity contribution in [1.82, 2.24) is 0 Å². The maximum absolute atomic E-state index is 6.06. The molecule has 0 saturated heterocycles. The number of aryl methyl sites for hydroxylation is 1. The van der Waals surface area contributed by atoms with Crippen molar-refractivity contribution in [1.29, 1.82) is 0 Å². The van der Waals surface area contributed by atoms with Gasteiger partial charge in [0, 0.05) is 0 Å². The van der Waals surface area contributed by atoms with E-state index in [0.29, 0.717) is 0 Å². The maximum atomic E-state index is 6.06. The van der Waals surface area contributed by atoms with Gasteiger partial charge in [-0.2, -0.15) is 0 Å². The molecule has 0 aromatic heterocycles. The fourth-order valence-corrected chi connectivity index (χ4v) is 5.30. The zero-order valence-corrected chi connectivity index (χ0v) is 16.8. The molecule has 1 unspecified atom stereocenters. The fourth-order valence-electron chi connectivity index (χ4n) is 3.46. The van der Waals surface area contributed by atoms with Gasteiger partial charge in [0.25, 0.3) is 0 Å². The Kier molecular flexibility index (Phi) is 6.29. The lowest BCUT2D eigenvalue weighted by Crippen LogP contribution is -2.17. The van der Waals surface area contributed by atoms with Gasteiger partial charge in [0.15, 0.2) is 0 Å². The molecule has 2 heteroatoms. The first-order chi connectivity index (χ1) is 12.2. The van der Waals surface area contributed by atoms with Crippen LogP contribution in [0.15, 0.2) is 66.7 Å². The topological polar surface area (TPSA) is 9.23 Å². The van der Waals surface area contributed by atoms with E-state index >= 15 is 0 Å². The van der Waals surface area contributed by atoms with Gasteiger partial charge in [-0.05, 0) is 41.3 Å². The maximum Gasteiger partial charge on any atom is 0.122 e. The highest BCUT2D eigenvalue weighted by Gasteiger charge is 2.06. The summed E-state index contributed by atoms with van der Waals surface area (Å²) in [6, 6.07) is 23.8. The lowest BCUT2D eigenvalue weighted by atomic mass is 10.0. The van der Waals surface area contributed by atoms with Crippen molar-refractivity contribution in [2.75, 3.05) is 6.61 Å². The van der Waals surface area contributed by atoms with E-state index in [2.05, 4.69) is 80.6 Å². The van der Waals surface area contributed by atoms with Crippen LogP contribution in [0, 0.1) is 6.92 Å². The third-order valence-corrected chi connectivity index (χ3v) is 6.97. The Morgan fingerprint density at radius 3 is 2.48 bits per heavy atom. The fraction of sp³-hybridized carbons (Fsp3) is 0.304. The molecule has 0 heterocycles. The van der Waals surface area contributed by atoms with Gasteiger partial charge < -0.3 is 4.74 Å². The molecule has 130 valence electrons. The summed E-state index contributed by atoms with van der Waals surface area (Å²) in [6.45, 7) is 5.39. The Balaban J connectivity index is 1.42. The van der Waals surface area contributed by atoms with Gasteiger partial charge in [-0.25, -0.2) is 0 Å². The zero-order valence-electron chi connectivity index (χ0n) is 15.4. The minimum atomic E-state index is -0.143. The van der Waals surface area contributed by atoms with Gasteiger partial charge in [-0.15, -0.1) is 0 Å². The van der Waals surface area contributed by atoms with Gasteiger partial charge in [0.1, 0.15) is 5.75 Å². The van der Waals surface area contributed by atoms with Crippen LogP contribution in [0.3, 0.4) is 0 Å². The third kappa shape index (κ3) is 4.96. The van der Waals surface area contributed by atoms with Crippen LogP contribution in [0.1, 0.15) is 31.7 Å². The van der Waals surface area contributed by atoms with E-state index in [1.165, 1.54) is 29.2 Å². The summed E-state index contributed by atoms with van der Waals surface area (Å²) in [5.74, 6) is 1.03. The van der Waals surface area contributed by atoms with Crippen molar-refractivity contribution in [2.24, 2.45) is 0 Å². The van der Waals surface area contributed by atoms with Crippen LogP contribution in [0.4, 0.5) is 0 Å². The van der Waals surface area contributed by atoms with Crippen molar-refractivity contribution in [3.05, 3.63) is 72.3 Å². The molecule has 0 N–H and O–H groups in total. The molecule has 0 saturated carbocycles. The smallest absolute Gasteiger partial charge is 0.122 e. The predicted molar refractivity (Wildman–Crippen MR) is 112 cm³/mol. The number of unbranched alkanes of at least 4 members (excludes halogenated alkanes) is 1. The van der Waals surface area contributed by atoms with E-state index < -0.39 is 0 Å². The number of fused-ring (bicyclic) bond motifs is 1. The predicted octanol–water partition coefficient (Wildman–Crippen LogP) is 5.00. The van der Waals surface area contributed by atoms with Gasteiger partial charge in [-0.1, -0.05) is 85.6 Å². The number of benzene rings is 3. The zero-order chi connectivity index (χ0) is 17.5. The lowest BCUT2D eigenvalue weighted by Gasteiger charge is -2.13. The van der Waals surface area contributed by atoms with Gasteiger partial charge >= 0.3 is 0 Å². The standard InChI is InChI=1S/C23H28OSi/c1-18(25-21-12-4-3-5-13-21)10-8-9-17-24-23-16-15-20-11-6-7-14-22(20)19(23)2/h3-7,11-16,18H,8-10,17,25H2,1-2H3. The minimum absolute atomic E-state index is 0.143. The largest absolute Gasteiger partial charge is 0.493 e. The summed E-state index contributed by atoms with van der Waals surface area (Å²) < 4.78 is 6.06. The molecule has 0 amide bonds. The summed E-state index contributed by atoms with van der Waals surface area (Å²) in [5, 5.41) is 4.16. The van der Waals surface area contributed by atoms with Gasteiger partial charge in [-0.3, -0.25) is 0 Å². The van der Waals surface area contributed by atoms with Crippen LogP contribution < -0.4 is 9.92 Å². The van der Waals surface area contributed by atoms with Crippen LogP contribution in [-0.4, -0.2) is 16.1 Å². The second kappa shape index (κ2) is 8.86. The molecular formula is C23H28OSi. The molecule has 3 aromatic rings. The average Bonchev–Trinajstić information content (AvgIpc) is 2.64. The van der Waals surface area contributed by atoms with Crippen LogP contribution in [0.25, 0.3) is 10.8 Å². The molecule has 25 heavy (non-hydrogen) atoms. The van der Waals surface area contributed by atoms with Crippen molar-refractivity contribution in [3.8, 4) is 5.75 Å².